The Hall–Kier alpha value is -0.740. The lowest BCUT2D eigenvalue weighted by Gasteiger charge is -1.99. The van der Waals surface area contributed by atoms with E-state index in [0.29, 0.717) is 5.56 Å². The summed E-state index contributed by atoms with van der Waals surface area (Å²) < 4.78 is 14.3. The monoisotopic (exact) mass is 285 g/mol. The zero-order valence-electron chi connectivity index (χ0n) is 8.13. The minimum Gasteiger partial charge on any atom is -0.241 e. The molecular formula is C11H9BrFNS. The van der Waals surface area contributed by atoms with Crippen molar-refractivity contribution in [1.29, 1.82) is 0 Å². The van der Waals surface area contributed by atoms with E-state index in [-0.39, 0.29) is 5.82 Å². The van der Waals surface area contributed by atoms with Gasteiger partial charge in [0.15, 0.2) is 0 Å². The molecule has 0 aliphatic carbocycles. The fourth-order valence-corrected chi connectivity index (χ4v) is 2.52. The fraction of sp³-hybridized carbons (Fsp3) is 0.182. The molecule has 15 heavy (non-hydrogen) atoms. The number of benzene rings is 1. The molecule has 1 nitrogen and oxygen atoms in total. The van der Waals surface area contributed by atoms with Gasteiger partial charge in [-0.05, 0) is 24.6 Å². The highest BCUT2D eigenvalue weighted by Gasteiger charge is 2.09. The highest BCUT2D eigenvalue weighted by Crippen LogP contribution is 2.28. The molecule has 0 bridgehead atoms. The van der Waals surface area contributed by atoms with Crippen LogP contribution in [-0.4, -0.2) is 4.98 Å². The summed E-state index contributed by atoms with van der Waals surface area (Å²) in [6.45, 7) is 2.04. The number of nitrogens with zero attached hydrogens (tertiary/aromatic N) is 1. The minimum atomic E-state index is -0.235. The van der Waals surface area contributed by atoms with Crippen LogP contribution in [-0.2, 0) is 6.42 Å². The second kappa shape index (κ2) is 4.41. The van der Waals surface area contributed by atoms with Gasteiger partial charge < -0.3 is 0 Å². The number of hydrogen-bond acceptors (Lipinski definition) is 2. The van der Waals surface area contributed by atoms with Crippen molar-refractivity contribution in [3.05, 3.63) is 39.6 Å². The maximum Gasteiger partial charge on any atom is 0.134 e. The number of rotatable bonds is 2. The van der Waals surface area contributed by atoms with Crippen LogP contribution in [0, 0.1) is 5.82 Å². The lowest BCUT2D eigenvalue weighted by Crippen LogP contribution is -1.85. The van der Waals surface area contributed by atoms with Gasteiger partial charge in [-0.3, -0.25) is 0 Å². The quantitative estimate of drug-likeness (QED) is 0.803. The summed E-state index contributed by atoms with van der Waals surface area (Å²) in [6.07, 6.45) is 0.884. The molecule has 0 spiro atoms. The van der Waals surface area contributed by atoms with Crippen LogP contribution in [0.3, 0.4) is 0 Å². The molecule has 2 aromatic rings. The molecule has 0 saturated carbocycles. The van der Waals surface area contributed by atoms with E-state index in [1.54, 1.807) is 6.07 Å². The van der Waals surface area contributed by atoms with Crippen molar-refractivity contribution < 1.29 is 4.39 Å². The molecule has 1 aromatic carbocycles. The van der Waals surface area contributed by atoms with Gasteiger partial charge in [0.05, 0.1) is 5.69 Å². The smallest absolute Gasteiger partial charge is 0.134 e. The molecule has 0 fully saturated rings. The Labute approximate surface area is 100 Å². The van der Waals surface area contributed by atoms with E-state index >= 15 is 0 Å². The Bertz CT molecular complexity index is 481. The minimum absolute atomic E-state index is 0.235. The zero-order chi connectivity index (χ0) is 10.8. The predicted molar refractivity (Wildman–Crippen MR) is 64.6 cm³/mol. The highest BCUT2D eigenvalue weighted by atomic mass is 79.9. The van der Waals surface area contributed by atoms with Gasteiger partial charge in [0.1, 0.15) is 10.8 Å². The molecule has 1 heterocycles. The summed E-state index contributed by atoms with van der Waals surface area (Å²) in [4.78, 5) is 4.35. The SMILES string of the molecule is CCc1csc(-c2ccc(Br)cc2F)n1. The van der Waals surface area contributed by atoms with E-state index in [4.69, 9.17) is 0 Å². The molecule has 0 unspecified atom stereocenters. The predicted octanol–water partition coefficient (Wildman–Crippen LogP) is 4.27. The first kappa shape index (κ1) is 10.8. The molecule has 0 aliphatic heterocycles. The van der Waals surface area contributed by atoms with Crippen LogP contribution in [0.4, 0.5) is 4.39 Å². The number of hydrogen-bond donors (Lipinski definition) is 0. The van der Waals surface area contributed by atoms with Crippen LogP contribution in [0.1, 0.15) is 12.6 Å². The largest absolute Gasteiger partial charge is 0.241 e. The summed E-state index contributed by atoms with van der Waals surface area (Å²) in [5.41, 5.74) is 1.58. The van der Waals surface area contributed by atoms with E-state index < -0.39 is 0 Å². The molecule has 1 aromatic heterocycles. The van der Waals surface area contributed by atoms with Gasteiger partial charge in [-0.2, -0.15) is 0 Å². The van der Waals surface area contributed by atoms with Crippen molar-refractivity contribution in [3.63, 3.8) is 0 Å². The fourth-order valence-electron chi connectivity index (χ4n) is 1.26. The van der Waals surface area contributed by atoms with Crippen molar-refractivity contribution in [1.82, 2.24) is 4.98 Å². The van der Waals surface area contributed by atoms with Gasteiger partial charge in [0, 0.05) is 15.4 Å². The summed E-state index contributed by atoms with van der Waals surface area (Å²) in [5.74, 6) is -0.235. The molecule has 2 rings (SSSR count). The van der Waals surface area contributed by atoms with Crippen LogP contribution >= 0.6 is 27.3 Å². The van der Waals surface area contributed by atoms with Crippen molar-refractivity contribution in [2.75, 3.05) is 0 Å². The number of thiazole rings is 1. The Morgan fingerprint density at radius 3 is 2.87 bits per heavy atom. The van der Waals surface area contributed by atoms with Crippen LogP contribution in [0.15, 0.2) is 28.1 Å². The van der Waals surface area contributed by atoms with Crippen molar-refractivity contribution in [2.24, 2.45) is 0 Å². The number of halogens is 2. The van der Waals surface area contributed by atoms with Gasteiger partial charge in [0.25, 0.3) is 0 Å². The summed E-state index contributed by atoms with van der Waals surface area (Å²) >= 11 is 4.71. The van der Waals surface area contributed by atoms with E-state index in [1.165, 1.54) is 17.4 Å². The third-order valence-corrected chi connectivity index (χ3v) is 3.49. The third kappa shape index (κ3) is 2.26. The van der Waals surface area contributed by atoms with E-state index in [9.17, 15) is 4.39 Å². The molecule has 0 atom stereocenters. The van der Waals surface area contributed by atoms with Gasteiger partial charge in [-0.15, -0.1) is 11.3 Å². The highest BCUT2D eigenvalue weighted by molar-refractivity contribution is 9.10. The first-order valence-corrected chi connectivity index (χ1v) is 6.28. The normalized spacial score (nSPS) is 10.6. The molecule has 0 N–H and O–H groups in total. The Morgan fingerprint density at radius 2 is 2.27 bits per heavy atom. The standard InChI is InChI=1S/C11H9BrFNS/c1-2-8-6-15-11(14-8)9-4-3-7(12)5-10(9)13/h3-6H,2H2,1H3. The number of aryl methyl sites for hydroxylation is 1. The van der Waals surface area contributed by atoms with Crippen LogP contribution in [0.5, 0.6) is 0 Å². The van der Waals surface area contributed by atoms with Crippen molar-refractivity contribution >= 4 is 27.3 Å². The Morgan fingerprint density at radius 1 is 1.47 bits per heavy atom. The van der Waals surface area contributed by atoms with Gasteiger partial charge in [-0.25, -0.2) is 9.37 Å². The van der Waals surface area contributed by atoms with Crippen molar-refractivity contribution in [3.8, 4) is 10.6 Å². The second-order valence-electron chi connectivity index (χ2n) is 3.12. The molecular weight excluding hydrogens is 277 g/mol. The summed E-state index contributed by atoms with van der Waals surface area (Å²) in [5, 5.41) is 2.72. The zero-order valence-corrected chi connectivity index (χ0v) is 10.5. The van der Waals surface area contributed by atoms with Crippen LogP contribution in [0.2, 0.25) is 0 Å². The van der Waals surface area contributed by atoms with E-state index in [0.717, 1.165) is 21.6 Å². The average Bonchev–Trinajstić information content (AvgIpc) is 2.66. The first-order chi connectivity index (χ1) is 7.20. The molecule has 78 valence electrons. The molecule has 4 heteroatoms. The average molecular weight is 286 g/mol. The molecule has 0 amide bonds. The molecule has 0 aliphatic rings. The van der Waals surface area contributed by atoms with E-state index in [1.807, 2.05) is 18.4 Å². The lowest BCUT2D eigenvalue weighted by molar-refractivity contribution is 0.630. The third-order valence-electron chi connectivity index (χ3n) is 2.08. The maximum absolute atomic E-state index is 13.6. The Kier molecular flexibility index (Phi) is 3.17. The maximum atomic E-state index is 13.6. The molecule has 0 saturated heterocycles. The lowest BCUT2D eigenvalue weighted by atomic mass is 10.2. The van der Waals surface area contributed by atoms with Crippen LogP contribution in [0.25, 0.3) is 10.6 Å². The van der Waals surface area contributed by atoms with Gasteiger partial charge in [-0.1, -0.05) is 22.9 Å². The van der Waals surface area contributed by atoms with Crippen molar-refractivity contribution in [2.45, 2.75) is 13.3 Å². The van der Waals surface area contributed by atoms with Gasteiger partial charge in [0.2, 0.25) is 0 Å². The molecule has 0 radical (unpaired) electrons. The number of aromatic nitrogens is 1. The van der Waals surface area contributed by atoms with E-state index in [2.05, 4.69) is 20.9 Å². The first-order valence-electron chi connectivity index (χ1n) is 4.60. The topological polar surface area (TPSA) is 12.9 Å². The summed E-state index contributed by atoms with van der Waals surface area (Å²) in [7, 11) is 0. The Balaban J connectivity index is 2.44. The van der Waals surface area contributed by atoms with Crippen LogP contribution < -0.4 is 0 Å². The summed E-state index contributed by atoms with van der Waals surface area (Å²) in [6, 6.07) is 5.03. The van der Waals surface area contributed by atoms with Gasteiger partial charge >= 0.3 is 0 Å². The second-order valence-corrected chi connectivity index (χ2v) is 4.90.